The maximum Gasteiger partial charge on any atom is 0.220 e. The highest BCUT2D eigenvalue weighted by Gasteiger charge is 2.22. The monoisotopic (exact) mass is 306 g/mol. The summed E-state index contributed by atoms with van der Waals surface area (Å²) in [6, 6.07) is 7.99. The molecule has 1 amide bonds. The third-order valence-electron chi connectivity index (χ3n) is 3.83. The number of hydrogen-bond donors (Lipinski definition) is 2. The SMILES string of the molecule is CCC(O)(CC)CNC(=O)CCc1nc2ccccc2s1. The van der Waals surface area contributed by atoms with E-state index >= 15 is 0 Å². The maximum atomic E-state index is 11.9. The molecule has 114 valence electrons. The van der Waals surface area contributed by atoms with Gasteiger partial charge in [0.2, 0.25) is 5.91 Å². The number of carbonyl (C=O) groups excluding carboxylic acids is 1. The largest absolute Gasteiger partial charge is 0.388 e. The number of rotatable bonds is 7. The van der Waals surface area contributed by atoms with Gasteiger partial charge in [0.1, 0.15) is 0 Å². The molecule has 0 radical (unpaired) electrons. The number of hydrogen-bond acceptors (Lipinski definition) is 4. The summed E-state index contributed by atoms with van der Waals surface area (Å²) in [5.41, 5.74) is 0.204. The van der Waals surface area contributed by atoms with Gasteiger partial charge in [-0.25, -0.2) is 4.98 Å². The predicted octanol–water partition coefficient (Wildman–Crippen LogP) is 2.90. The molecule has 0 saturated carbocycles. The van der Waals surface area contributed by atoms with E-state index in [-0.39, 0.29) is 5.91 Å². The fraction of sp³-hybridized carbons (Fsp3) is 0.500. The van der Waals surface area contributed by atoms with Gasteiger partial charge in [0, 0.05) is 19.4 Å². The van der Waals surface area contributed by atoms with E-state index in [1.807, 2.05) is 38.1 Å². The zero-order chi connectivity index (χ0) is 15.3. The first-order chi connectivity index (χ1) is 10.1. The van der Waals surface area contributed by atoms with Crippen LogP contribution < -0.4 is 5.32 Å². The van der Waals surface area contributed by atoms with E-state index in [4.69, 9.17) is 0 Å². The lowest BCUT2D eigenvalue weighted by Crippen LogP contribution is -2.42. The van der Waals surface area contributed by atoms with Crippen LogP contribution in [0.4, 0.5) is 0 Å². The molecule has 0 atom stereocenters. The first-order valence-corrected chi connectivity index (χ1v) is 8.21. The number of aliphatic hydroxyl groups is 1. The first-order valence-electron chi connectivity index (χ1n) is 7.40. The van der Waals surface area contributed by atoms with Gasteiger partial charge in [-0.1, -0.05) is 26.0 Å². The van der Waals surface area contributed by atoms with E-state index in [0.29, 0.717) is 32.2 Å². The molecule has 2 N–H and O–H groups in total. The van der Waals surface area contributed by atoms with Gasteiger partial charge in [-0.3, -0.25) is 4.79 Å². The number of para-hydroxylation sites is 1. The molecule has 2 aromatic rings. The number of amides is 1. The Morgan fingerprint density at radius 1 is 1.33 bits per heavy atom. The fourth-order valence-electron chi connectivity index (χ4n) is 2.10. The van der Waals surface area contributed by atoms with E-state index in [1.54, 1.807) is 11.3 Å². The molecule has 0 aliphatic heterocycles. The average molecular weight is 306 g/mol. The minimum Gasteiger partial charge on any atom is -0.388 e. The second kappa shape index (κ2) is 7.00. The molecule has 0 unspecified atom stereocenters. The third kappa shape index (κ3) is 4.25. The van der Waals surface area contributed by atoms with Gasteiger partial charge in [-0.05, 0) is 25.0 Å². The van der Waals surface area contributed by atoms with Crippen LogP contribution >= 0.6 is 11.3 Å². The Morgan fingerprint density at radius 3 is 2.71 bits per heavy atom. The molecule has 4 nitrogen and oxygen atoms in total. The highest BCUT2D eigenvalue weighted by atomic mass is 32.1. The minimum absolute atomic E-state index is 0.0328. The smallest absolute Gasteiger partial charge is 0.220 e. The summed E-state index contributed by atoms with van der Waals surface area (Å²) in [6.45, 7) is 4.17. The van der Waals surface area contributed by atoms with Crippen molar-refractivity contribution in [2.75, 3.05) is 6.54 Å². The molecule has 1 aromatic carbocycles. The Hall–Kier alpha value is -1.46. The van der Waals surface area contributed by atoms with Gasteiger partial charge in [0.05, 0.1) is 20.8 Å². The predicted molar refractivity (Wildman–Crippen MR) is 86.5 cm³/mol. The second-order valence-electron chi connectivity index (χ2n) is 5.28. The van der Waals surface area contributed by atoms with Crippen molar-refractivity contribution in [3.8, 4) is 0 Å². The number of benzene rings is 1. The van der Waals surface area contributed by atoms with Crippen LogP contribution in [0.5, 0.6) is 0 Å². The Kier molecular flexibility index (Phi) is 5.31. The number of nitrogens with zero attached hydrogens (tertiary/aromatic N) is 1. The molecular formula is C16H22N2O2S. The number of nitrogens with one attached hydrogen (secondary N) is 1. The van der Waals surface area contributed by atoms with Crippen LogP contribution in [0.2, 0.25) is 0 Å². The summed E-state index contributed by atoms with van der Waals surface area (Å²) in [4.78, 5) is 16.4. The first kappa shape index (κ1) is 15.9. The molecule has 1 heterocycles. The molecule has 0 aliphatic carbocycles. The highest BCUT2D eigenvalue weighted by Crippen LogP contribution is 2.22. The molecular weight excluding hydrogens is 284 g/mol. The zero-order valence-corrected chi connectivity index (χ0v) is 13.4. The Bertz CT molecular complexity index is 572. The van der Waals surface area contributed by atoms with E-state index in [2.05, 4.69) is 10.3 Å². The van der Waals surface area contributed by atoms with Crippen molar-refractivity contribution in [2.45, 2.75) is 45.1 Å². The van der Waals surface area contributed by atoms with Crippen LogP contribution in [-0.2, 0) is 11.2 Å². The molecule has 0 spiro atoms. The minimum atomic E-state index is -0.786. The zero-order valence-electron chi connectivity index (χ0n) is 12.6. The van der Waals surface area contributed by atoms with Crippen molar-refractivity contribution in [3.63, 3.8) is 0 Å². The number of fused-ring (bicyclic) bond motifs is 1. The summed E-state index contributed by atoms with van der Waals surface area (Å²) in [6.07, 6.45) is 2.33. The lowest BCUT2D eigenvalue weighted by molar-refractivity contribution is -0.122. The van der Waals surface area contributed by atoms with Crippen LogP contribution in [0.15, 0.2) is 24.3 Å². The molecule has 0 bridgehead atoms. The van der Waals surface area contributed by atoms with Crippen LogP contribution in [0.3, 0.4) is 0 Å². The quantitative estimate of drug-likeness (QED) is 0.827. The number of aromatic nitrogens is 1. The van der Waals surface area contributed by atoms with Crippen LogP contribution in [0, 0.1) is 0 Å². The van der Waals surface area contributed by atoms with Crippen molar-refractivity contribution < 1.29 is 9.90 Å². The van der Waals surface area contributed by atoms with E-state index in [1.165, 1.54) is 0 Å². The van der Waals surface area contributed by atoms with E-state index in [9.17, 15) is 9.90 Å². The Balaban J connectivity index is 1.83. The average Bonchev–Trinajstić information content (AvgIpc) is 2.93. The Morgan fingerprint density at radius 2 is 2.05 bits per heavy atom. The molecule has 1 aromatic heterocycles. The van der Waals surface area contributed by atoms with Gasteiger partial charge in [-0.2, -0.15) is 0 Å². The van der Waals surface area contributed by atoms with Crippen molar-refractivity contribution in [3.05, 3.63) is 29.3 Å². The standard InChI is InChI=1S/C16H22N2O2S/c1-3-16(20,4-2)11-17-14(19)9-10-15-18-12-7-5-6-8-13(12)21-15/h5-8,20H,3-4,9-11H2,1-2H3,(H,17,19). The topological polar surface area (TPSA) is 62.2 Å². The second-order valence-corrected chi connectivity index (χ2v) is 6.40. The van der Waals surface area contributed by atoms with Crippen molar-refractivity contribution in [2.24, 2.45) is 0 Å². The fourth-order valence-corrected chi connectivity index (χ4v) is 3.07. The normalized spacial score (nSPS) is 11.8. The van der Waals surface area contributed by atoms with Crippen LogP contribution in [-0.4, -0.2) is 28.1 Å². The van der Waals surface area contributed by atoms with Crippen LogP contribution in [0.25, 0.3) is 10.2 Å². The van der Waals surface area contributed by atoms with Crippen molar-refractivity contribution >= 4 is 27.5 Å². The van der Waals surface area contributed by atoms with Gasteiger partial charge >= 0.3 is 0 Å². The molecule has 0 saturated heterocycles. The third-order valence-corrected chi connectivity index (χ3v) is 4.93. The van der Waals surface area contributed by atoms with Gasteiger partial charge in [-0.15, -0.1) is 11.3 Å². The molecule has 0 fully saturated rings. The van der Waals surface area contributed by atoms with E-state index in [0.717, 1.165) is 15.2 Å². The summed E-state index contributed by atoms with van der Waals surface area (Å²) < 4.78 is 1.15. The number of aryl methyl sites for hydroxylation is 1. The number of thiazole rings is 1. The maximum absolute atomic E-state index is 11.9. The highest BCUT2D eigenvalue weighted by molar-refractivity contribution is 7.18. The summed E-state index contributed by atoms with van der Waals surface area (Å²) >= 11 is 1.63. The molecule has 0 aliphatic rings. The van der Waals surface area contributed by atoms with Crippen molar-refractivity contribution in [1.29, 1.82) is 0 Å². The lowest BCUT2D eigenvalue weighted by Gasteiger charge is -2.25. The summed E-state index contributed by atoms with van der Waals surface area (Å²) in [5, 5.41) is 13.9. The number of carbonyl (C=O) groups is 1. The lowest BCUT2D eigenvalue weighted by atomic mass is 9.97. The molecule has 2 rings (SSSR count). The van der Waals surface area contributed by atoms with Gasteiger partial charge < -0.3 is 10.4 Å². The molecule has 5 heteroatoms. The summed E-state index contributed by atoms with van der Waals surface area (Å²) in [5.74, 6) is -0.0328. The van der Waals surface area contributed by atoms with Crippen LogP contribution in [0.1, 0.15) is 38.1 Å². The van der Waals surface area contributed by atoms with Crippen molar-refractivity contribution in [1.82, 2.24) is 10.3 Å². The Labute approximate surface area is 129 Å². The van der Waals surface area contributed by atoms with Gasteiger partial charge in [0.25, 0.3) is 0 Å². The van der Waals surface area contributed by atoms with E-state index < -0.39 is 5.60 Å². The van der Waals surface area contributed by atoms with Gasteiger partial charge in [0.15, 0.2) is 0 Å². The molecule has 21 heavy (non-hydrogen) atoms. The summed E-state index contributed by atoms with van der Waals surface area (Å²) in [7, 11) is 0.